The van der Waals surface area contributed by atoms with Crippen LogP contribution in [0.1, 0.15) is 84.5 Å². The van der Waals surface area contributed by atoms with Crippen LogP contribution in [-0.2, 0) is 4.84 Å². The maximum atomic E-state index is 12.1. The smallest absolute Gasteiger partial charge is 0.0734 e. The van der Waals surface area contributed by atoms with E-state index in [4.69, 9.17) is 4.84 Å². The molecule has 4 saturated carbocycles. The predicted molar refractivity (Wildman–Crippen MR) is 114 cm³/mol. The van der Waals surface area contributed by atoms with Crippen LogP contribution in [-0.4, -0.2) is 35.6 Å². The van der Waals surface area contributed by atoms with Gasteiger partial charge in [0.2, 0.25) is 0 Å². The quantitative estimate of drug-likeness (QED) is 0.457. The Kier molecular flexibility index (Phi) is 6.79. The highest BCUT2D eigenvalue weighted by Crippen LogP contribution is 2.69. The van der Waals surface area contributed by atoms with E-state index in [0.717, 1.165) is 38.6 Å². The van der Waals surface area contributed by atoms with Crippen LogP contribution < -0.4 is 5.48 Å². The second-order valence-electron chi connectivity index (χ2n) is 10.8. The predicted octanol–water partition coefficient (Wildman–Crippen LogP) is 4.47. The number of rotatable bonds is 5. The van der Waals surface area contributed by atoms with E-state index in [2.05, 4.69) is 19.3 Å². The zero-order valence-electron chi connectivity index (χ0n) is 18.1. The monoisotopic (exact) mass is 415 g/mol. The first-order valence-electron chi connectivity index (χ1n) is 11.5. The van der Waals surface area contributed by atoms with Gasteiger partial charge in [-0.1, -0.05) is 13.8 Å². The van der Waals surface area contributed by atoms with Crippen LogP contribution in [0.5, 0.6) is 0 Å². The van der Waals surface area contributed by atoms with E-state index in [0.29, 0.717) is 29.1 Å². The molecule has 3 N–H and O–H groups in total. The molecule has 0 heterocycles. The number of hydroxylamine groups is 1. The second-order valence-corrected chi connectivity index (χ2v) is 10.8. The van der Waals surface area contributed by atoms with Gasteiger partial charge in [-0.15, -0.1) is 12.4 Å². The largest absolute Gasteiger partial charge is 0.393 e. The van der Waals surface area contributed by atoms with E-state index in [-0.39, 0.29) is 23.9 Å². The van der Waals surface area contributed by atoms with Gasteiger partial charge in [0, 0.05) is 6.54 Å². The molecule has 5 heteroatoms. The number of hydrogen-bond donors (Lipinski definition) is 3. The maximum Gasteiger partial charge on any atom is 0.0734 e. The lowest BCUT2D eigenvalue weighted by atomic mass is 9.43. The summed E-state index contributed by atoms with van der Waals surface area (Å²) in [6.07, 6.45) is 12.3. The van der Waals surface area contributed by atoms with Crippen molar-refractivity contribution in [3.63, 3.8) is 0 Å². The van der Waals surface area contributed by atoms with Crippen LogP contribution >= 0.6 is 12.4 Å². The third kappa shape index (κ3) is 3.36. The highest BCUT2D eigenvalue weighted by molar-refractivity contribution is 5.85. The first-order chi connectivity index (χ1) is 12.8. The van der Waals surface area contributed by atoms with E-state index in [1.807, 2.05) is 0 Å². The highest BCUT2D eigenvalue weighted by Gasteiger charge is 2.66. The molecule has 4 nitrogen and oxygen atoms in total. The minimum absolute atomic E-state index is 0. The van der Waals surface area contributed by atoms with Crippen molar-refractivity contribution < 1.29 is 15.1 Å². The lowest BCUT2D eigenvalue weighted by Gasteiger charge is -2.63. The lowest BCUT2D eigenvalue weighted by molar-refractivity contribution is -0.210. The summed E-state index contributed by atoms with van der Waals surface area (Å²) in [4.78, 5) is 4.98. The molecule has 4 aliphatic rings. The van der Waals surface area contributed by atoms with Gasteiger partial charge in [0.05, 0.1) is 18.8 Å². The van der Waals surface area contributed by atoms with Gasteiger partial charge in [0.25, 0.3) is 0 Å². The fourth-order valence-electron chi connectivity index (χ4n) is 8.30. The number of aliphatic hydroxyl groups is 2. The van der Waals surface area contributed by atoms with E-state index < -0.39 is 5.60 Å². The van der Waals surface area contributed by atoms with Crippen molar-refractivity contribution in [1.29, 1.82) is 0 Å². The van der Waals surface area contributed by atoms with Gasteiger partial charge in [-0.05, 0) is 105 Å². The molecule has 0 aliphatic heterocycles. The number of hydrogen-bond acceptors (Lipinski definition) is 4. The topological polar surface area (TPSA) is 61.7 Å². The summed E-state index contributed by atoms with van der Waals surface area (Å²) in [5.41, 5.74) is 2.91. The number of fused-ring (bicyclic) bond motifs is 5. The Morgan fingerprint density at radius 1 is 1.00 bits per heavy atom. The van der Waals surface area contributed by atoms with Crippen LogP contribution in [0.2, 0.25) is 0 Å². The Labute approximate surface area is 177 Å². The third-order valence-corrected chi connectivity index (χ3v) is 9.99. The van der Waals surface area contributed by atoms with Crippen LogP contribution in [0.25, 0.3) is 0 Å². The maximum absolute atomic E-state index is 12.1. The van der Waals surface area contributed by atoms with Gasteiger partial charge in [-0.2, -0.15) is 0 Å². The molecule has 4 aliphatic carbocycles. The molecule has 0 spiro atoms. The van der Waals surface area contributed by atoms with Gasteiger partial charge in [-0.25, -0.2) is 5.48 Å². The van der Waals surface area contributed by atoms with Crippen molar-refractivity contribution in [3.8, 4) is 0 Å². The summed E-state index contributed by atoms with van der Waals surface area (Å²) >= 11 is 0. The van der Waals surface area contributed by atoms with Gasteiger partial charge < -0.3 is 15.1 Å². The fraction of sp³-hybridized carbons (Fsp3) is 1.00. The molecule has 8 atom stereocenters. The molecule has 28 heavy (non-hydrogen) atoms. The van der Waals surface area contributed by atoms with Crippen molar-refractivity contribution >= 4 is 12.4 Å². The van der Waals surface area contributed by atoms with Gasteiger partial charge in [0.1, 0.15) is 0 Å². The molecule has 0 aromatic carbocycles. The Bertz CT molecular complexity index is 548. The molecule has 4 rings (SSSR count). The molecule has 0 unspecified atom stereocenters. The van der Waals surface area contributed by atoms with Crippen LogP contribution in [0.3, 0.4) is 0 Å². The summed E-state index contributed by atoms with van der Waals surface area (Å²) in [5, 5.41) is 22.3. The van der Waals surface area contributed by atoms with Crippen molar-refractivity contribution in [2.75, 3.05) is 13.7 Å². The van der Waals surface area contributed by atoms with Gasteiger partial charge >= 0.3 is 0 Å². The summed E-state index contributed by atoms with van der Waals surface area (Å²) in [6, 6.07) is 0. The Morgan fingerprint density at radius 2 is 1.79 bits per heavy atom. The Hall–Kier alpha value is 0.130. The summed E-state index contributed by atoms with van der Waals surface area (Å²) in [6.45, 7) is 5.80. The minimum atomic E-state index is -0.473. The second kappa shape index (κ2) is 8.34. The standard InChI is InChI=1S/C23H41NO3.ClH/c1-21-11-9-18(25)15-17(21)6-7-20-19(21)10-12-22(2)16(5-4-14-24-27-3)8-13-23(20,22)26;/h16-20,24-26H,4-15H2,1-3H3;1H/t16-,17+,18-,19-,20+,21-,22+,23-;/m0./s1. The van der Waals surface area contributed by atoms with Crippen molar-refractivity contribution in [2.45, 2.75) is 96.2 Å². The molecular weight excluding hydrogens is 374 g/mol. The SMILES string of the molecule is CONCCC[C@H]1CC[C@]2(O)[C@@H]3CC[C@@H]4C[C@@H](O)CC[C@]4(C)[C@H]3CC[C@]12C.Cl. The highest BCUT2D eigenvalue weighted by atomic mass is 35.5. The fourth-order valence-corrected chi connectivity index (χ4v) is 8.30. The van der Waals surface area contributed by atoms with E-state index in [9.17, 15) is 10.2 Å². The minimum Gasteiger partial charge on any atom is -0.393 e. The van der Waals surface area contributed by atoms with Gasteiger partial charge in [0.15, 0.2) is 0 Å². The molecule has 0 bridgehead atoms. The lowest BCUT2D eigenvalue weighted by Crippen LogP contribution is -2.62. The summed E-state index contributed by atoms with van der Waals surface area (Å²) in [7, 11) is 1.68. The average molecular weight is 416 g/mol. The average Bonchev–Trinajstić information content (AvgIpc) is 2.91. The molecule has 0 aromatic rings. The molecule has 0 amide bonds. The molecule has 4 fully saturated rings. The number of halogens is 1. The number of nitrogens with one attached hydrogen (secondary N) is 1. The molecule has 0 radical (unpaired) electrons. The molecule has 0 aromatic heterocycles. The first-order valence-corrected chi connectivity index (χ1v) is 11.5. The van der Waals surface area contributed by atoms with Crippen LogP contribution in [0, 0.1) is 34.5 Å². The van der Waals surface area contributed by atoms with E-state index in [1.54, 1.807) is 7.11 Å². The zero-order valence-corrected chi connectivity index (χ0v) is 18.9. The summed E-state index contributed by atoms with van der Waals surface area (Å²) in [5.74, 6) is 2.42. The van der Waals surface area contributed by atoms with Crippen molar-refractivity contribution in [3.05, 3.63) is 0 Å². The Morgan fingerprint density at radius 3 is 2.54 bits per heavy atom. The van der Waals surface area contributed by atoms with E-state index >= 15 is 0 Å². The van der Waals surface area contributed by atoms with Crippen LogP contribution in [0.4, 0.5) is 0 Å². The molecular formula is C23H42ClNO3. The van der Waals surface area contributed by atoms with Gasteiger partial charge in [-0.3, -0.25) is 0 Å². The van der Waals surface area contributed by atoms with Crippen LogP contribution in [0.15, 0.2) is 0 Å². The normalized spacial score (nSPS) is 50.2. The first kappa shape index (κ1) is 22.8. The zero-order chi connectivity index (χ0) is 19.3. The van der Waals surface area contributed by atoms with Crippen molar-refractivity contribution in [1.82, 2.24) is 5.48 Å². The van der Waals surface area contributed by atoms with Crippen molar-refractivity contribution in [2.24, 2.45) is 34.5 Å². The molecule has 164 valence electrons. The third-order valence-electron chi connectivity index (χ3n) is 9.99. The number of aliphatic hydroxyl groups excluding tert-OH is 1. The summed E-state index contributed by atoms with van der Waals surface area (Å²) < 4.78 is 0. The van der Waals surface area contributed by atoms with E-state index in [1.165, 1.54) is 38.5 Å². The Balaban J connectivity index is 0.00000225. The molecule has 0 saturated heterocycles.